The SMILES string of the molecule is CC(=O)O.CCCCCCCCCCCCNC(=N)N.CCCCCCCCCCCCNCCNCCNCC(=O)O.CCCCN.CCNC(=O)NC(=O)/C(C#N)=N/OC. The molecule has 0 radical (unpaired) electrons. The molecule has 0 aliphatic heterocycles. The van der Waals surface area contributed by atoms with Crippen molar-refractivity contribution in [2.75, 3.05) is 66.0 Å². The molecule has 0 aliphatic rings. The Balaban J connectivity index is -0.000000244. The summed E-state index contributed by atoms with van der Waals surface area (Å²) in [6, 6.07) is 0.799. The number of nitrogens with one attached hydrogen (secondary N) is 7. The van der Waals surface area contributed by atoms with Crippen molar-refractivity contribution in [1.29, 1.82) is 10.7 Å². The molecule has 0 aliphatic carbocycles. The first-order valence-corrected chi connectivity index (χ1v) is 23.3. The summed E-state index contributed by atoms with van der Waals surface area (Å²) in [4.78, 5) is 45.4. The Kier molecular flexibility index (Phi) is 66.2. The second-order valence-corrected chi connectivity index (χ2v) is 14.5. The summed E-state index contributed by atoms with van der Waals surface area (Å²) in [6.07, 6.45) is 29.7. The van der Waals surface area contributed by atoms with Crippen LogP contribution in [0.4, 0.5) is 4.79 Å². The van der Waals surface area contributed by atoms with E-state index in [9.17, 15) is 14.4 Å². The van der Waals surface area contributed by atoms with Crippen molar-refractivity contribution in [1.82, 2.24) is 31.9 Å². The molecule has 0 heterocycles. The van der Waals surface area contributed by atoms with Gasteiger partial charge >= 0.3 is 12.0 Å². The Morgan fingerprint density at radius 3 is 1.35 bits per heavy atom. The molecule has 0 spiro atoms. The van der Waals surface area contributed by atoms with Gasteiger partial charge in [-0.3, -0.25) is 25.1 Å². The van der Waals surface area contributed by atoms with Crippen LogP contribution in [0.25, 0.3) is 0 Å². The van der Waals surface area contributed by atoms with Gasteiger partial charge in [0.15, 0.2) is 5.96 Å². The van der Waals surface area contributed by atoms with Crippen molar-refractivity contribution in [3.63, 3.8) is 0 Å². The third kappa shape index (κ3) is 76.6. The lowest BCUT2D eigenvalue weighted by Crippen LogP contribution is -2.42. The number of hydrogen-bond donors (Lipinski definition) is 11. The van der Waals surface area contributed by atoms with E-state index >= 15 is 0 Å². The Labute approximate surface area is 376 Å². The van der Waals surface area contributed by atoms with Crippen molar-refractivity contribution >= 4 is 35.5 Å². The van der Waals surface area contributed by atoms with Crippen LogP contribution in [-0.2, 0) is 19.2 Å². The predicted molar refractivity (Wildman–Crippen MR) is 254 cm³/mol. The van der Waals surface area contributed by atoms with E-state index in [0.717, 1.165) is 52.6 Å². The van der Waals surface area contributed by atoms with Gasteiger partial charge in [-0.1, -0.05) is 148 Å². The first kappa shape index (κ1) is 67.0. The molecular weight excluding hydrogens is 795 g/mol. The fourth-order valence-electron chi connectivity index (χ4n) is 5.15. The zero-order chi connectivity index (χ0) is 47.7. The van der Waals surface area contributed by atoms with Gasteiger partial charge in [-0.25, -0.2) is 4.79 Å². The van der Waals surface area contributed by atoms with Gasteiger partial charge in [0.2, 0.25) is 5.71 Å². The van der Waals surface area contributed by atoms with E-state index in [-0.39, 0.29) is 12.5 Å². The Morgan fingerprint density at radius 2 is 1.02 bits per heavy atom. The van der Waals surface area contributed by atoms with Crippen LogP contribution in [0.2, 0.25) is 0 Å². The maximum absolute atomic E-state index is 11.0. The molecule has 0 atom stereocenters. The molecule has 62 heavy (non-hydrogen) atoms. The average Bonchev–Trinajstić information content (AvgIpc) is 3.22. The van der Waals surface area contributed by atoms with Crippen LogP contribution < -0.4 is 43.4 Å². The molecule has 0 saturated carbocycles. The van der Waals surface area contributed by atoms with Crippen LogP contribution in [0.3, 0.4) is 0 Å². The van der Waals surface area contributed by atoms with E-state index in [0.29, 0.717) is 13.1 Å². The molecule has 18 heteroatoms. The summed E-state index contributed by atoms with van der Waals surface area (Å²) >= 11 is 0. The smallest absolute Gasteiger partial charge is 0.321 e. The quantitative estimate of drug-likeness (QED) is 0.0143. The molecule has 0 rings (SSSR count). The van der Waals surface area contributed by atoms with E-state index in [2.05, 4.69) is 57.3 Å². The fraction of sp³-hybridized carbons (Fsp3) is 0.841. The van der Waals surface area contributed by atoms with Crippen molar-refractivity contribution in [2.45, 2.75) is 176 Å². The Bertz CT molecular complexity index is 1070. The number of nitriles is 1. The minimum Gasteiger partial charge on any atom is -0.481 e. The number of aliphatic carboxylic acids is 2. The van der Waals surface area contributed by atoms with Crippen LogP contribution in [-0.4, -0.2) is 112 Å². The van der Waals surface area contributed by atoms with Crippen molar-refractivity contribution < 1.29 is 34.2 Å². The molecule has 0 fully saturated rings. The van der Waals surface area contributed by atoms with Gasteiger partial charge in [0.05, 0.1) is 6.54 Å². The van der Waals surface area contributed by atoms with Crippen LogP contribution in [0, 0.1) is 16.7 Å². The summed E-state index contributed by atoms with van der Waals surface area (Å²) in [5.41, 5.74) is 9.81. The number of carboxylic acid groups (broad SMARTS) is 2. The lowest BCUT2D eigenvalue weighted by atomic mass is 10.1. The Morgan fingerprint density at radius 1 is 0.629 bits per heavy atom. The van der Waals surface area contributed by atoms with E-state index in [1.165, 1.54) is 148 Å². The number of nitrogens with two attached hydrogens (primary N) is 2. The zero-order valence-corrected chi connectivity index (χ0v) is 39.9. The van der Waals surface area contributed by atoms with Crippen LogP contribution in [0.5, 0.6) is 0 Å². The number of unbranched alkanes of at least 4 members (excludes halogenated alkanes) is 19. The average molecular weight is 888 g/mol. The molecule has 0 aromatic rings. The standard InChI is InChI=1S/C18H39N3O2.C13H29N3.C7H10N4O3.C4H11N.C2H4O2/c1-2-3-4-5-6-7-8-9-10-11-12-19-13-14-20-15-16-21-17-18(22)23;1-2-3-4-5-6-7-8-9-10-11-12-16-13(14)15;1-3-9-7(13)10-6(12)5(4-8)11-14-2;1-2-3-4-5;1-2(3)4/h19-21H,2-17H2,1H3,(H,22,23);2-12H2,1H3,(H4,14,15,16);3H2,1-2H3,(H2,9,10,12,13);2-5H2,1H3;1H3,(H,3,4)/b;;11-5+;;. The van der Waals surface area contributed by atoms with E-state index in [4.69, 9.17) is 37.1 Å². The van der Waals surface area contributed by atoms with E-state index in [1.54, 1.807) is 6.92 Å². The largest absolute Gasteiger partial charge is 0.481 e. The van der Waals surface area contributed by atoms with Crippen molar-refractivity contribution in [3.05, 3.63) is 0 Å². The normalized spacial score (nSPS) is 10.1. The minimum absolute atomic E-state index is 0.0403. The molecule has 366 valence electrons. The van der Waals surface area contributed by atoms with E-state index in [1.807, 2.05) is 5.32 Å². The van der Waals surface area contributed by atoms with Gasteiger partial charge < -0.3 is 53.1 Å². The first-order valence-electron chi connectivity index (χ1n) is 23.3. The maximum Gasteiger partial charge on any atom is 0.321 e. The summed E-state index contributed by atoms with van der Waals surface area (Å²) in [5.74, 6) is -2.45. The highest BCUT2D eigenvalue weighted by Gasteiger charge is 2.14. The van der Waals surface area contributed by atoms with Crippen LogP contribution in [0.15, 0.2) is 5.16 Å². The van der Waals surface area contributed by atoms with Crippen molar-refractivity contribution in [2.24, 2.45) is 16.6 Å². The van der Waals surface area contributed by atoms with Gasteiger partial charge in [0.25, 0.3) is 11.9 Å². The molecule has 0 aromatic heterocycles. The maximum atomic E-state index is 11.0. The minimum atomic E-state index is -0.903. The summed E-state index contributed by atoms with van der Waals surface area (Å²) in [6.45, 7) is 16.1. The number of imide groups is 1. The highest BCUT2D eigenvalue weighted by molar-refractivity contribution is 6.46. The first-order chi connectivity index (χ1) is 29.8. The number of oxime groups is 1. The number of rotatable bonds is 35. The molecule has 13 N–H and O–H groups in total. The molecule has 3 amide bonds. The highest BCUT2D eigenvalue weighted by Crippen LogP contribution is 2.11. The summed E-state index contributed by atoms with van der Waals surface area (Å²) in [5, 5.41) is 51.0. The fourth-order valence-corrected chi connectivity index (χ4v) is 5.15. The van der Waals surface area contributed by atoms with Crippen molar-refractivity contribution in [3.8, 4) is 6.07 Å². The number of nitrogens with zero attached hydrogens (tertiary/aromatic N) is 2. The van der Waals surface area contributed by atoms with Gasteiger partial charge in [0, 0.05) is 46.2 Å². The van der Waals surface area contributed by atoms with Crippen LogP contribution in [0.1, 0.15) is 176 Å². The third-order valence-electron chi connectivity index (χ3n) is 8.41. The van der Waals surface area contributed by atoms with Gasteiger partial charge in [-0.15, -0.1) is 0 Å². The van der Waals surface area contributed by atoms with Crippen LogP contribution >= 0.6 is 0 Å². The number of urea groups is 1. The zero-order valence-electron chi connectivity index (χ0n) is 39.9. The monoisotopic (exact) mass is 888 g/mol. The molecule has 18 nitrogen and oxygen atoms in total. The molecule has 0 bridgehead atoms. The molecule has 0 saturated heterocycles. The number of carboxylic acids is 2. The highest BCUT2D eigenvalue weighted by atomic mass is 16.6. The van der Waals surface area contributed by atoms with Gasteiger partial charge in [0.1, 0.15) is 13.2 Å². The second-order valence-electron chi connectivity index (χ2n) is 14.5. The summed E-state index contributed by atoms with van der Waals surface area (Å²) in [7, 11) is 1.19. The number of hydrogen-bond acceptors (Lipinski definition) is 12. The molecular formula is C44H93N11O7. The number of carbonyl (C=O) groups is 4. The predicted octanol–water partition coefficient (Wildman–Crippen LogP) is 6.35. The van der Waals surface area contributed by atoms with E-state index < -0.39 is 29.6 Å². The van der Waals surface area contributed by atoms with Gasteiger partial charge in [-0.2, -0.15) is 5.26 Å². The number of amides is 3. The third-order valence-corrected chi connectivity index (χ3v) is 8.41. The Hall–Kier alpha value is -4.05. The molecule has 0 unspecified atom stereocenters. The van der Waals surface area contributed by atoms with Gasteiger partial charge in [-0.05, 0) is 39.3 Å². The second kappa shape index (κ2) is 61.3. The molecule has 0 aromatic carbocycles. The lowest BCUT2D eigenvalue weighted by molar-refractivity contribution is -0.136. The summed E-state index contributed by atoms with van der Waals surface area (Å²) < 4.78 is 0. The lowest BCUT2D eigenvalue weighted by Gasteiger charge is -2.07. The topological polar surface area (TPSA) is 302 Å². The number of carbonyl (C=O) groups excluding carboxylic acids is 2. The number of guanidine groups is 1.